The van der Waals surface area contributed by atoms with Gasteiger partial charge in [-0.2, -0.15) is 13.2 Å². The Hall–Kier alpha value is -2.41. The minimum atomic E-state index is -4.34. The molecule has 0 bridgehead atoms. The fourth-order valence-corrected chi connectivity index (χ4v) is 2.10. The van der Waals surface area contributed by atoms with Gasteiger partial charge in [0.2, 0.25) is 0 Å². The number of nitrogens with zero attached hydrogens (tertiary/aromatic N) is 3. The number of aromatic nitrogens is 3. The Morgan fingerprint density at radius 3 is 2.48 bits per heavy atom. The molecule has 0 aliphatic rings. The van der Waals surface area contributed by atoms with Crippen LogP contribution in [0.5, 0.6) is 0 Å². The van der Waals surface area contributed by atoms with Crippen molar-refractivity contribution in [1.29, 1.82) is 0 Å². The van der Waals surface area contributed by atoms with Crippen LogP contribution in [0, 0.1) is 0 Å². The van der Waals surface area contributed by atoms with Crippen molar-refractivity contribution in [1.82, 2.24) is 14.4 Å². The third kappa shape index (κ3) is 2.47. The van der Waals surface area contributed by atoms with Gasteiger partial charge in [-0.3, -0.25) is 0 Å². The number of rotatable bonds is 2. The van der Waals surface area contributed by atoms with Crippen LogP contribution in [0.2, 0.25) is 0 Å². The Morgan fingerprint density at radius 1 is 1.14 bits per heavy atom. The number of fused-ring (bicyclic) bond motifs is 1. The molecule has 2 heterocycles. The van der Waals surface area contributed by atoms with E-state index in [-0.39, 0.29) is 6.54 Å². The minimum absolute atomic E-state index is 0.203. The van der Waals surface area contributed by atoms with Gasteiger partial charge >= 0.3 is 6.18 Å². The van der Waals surface area contributed by atoms with E-state index >= 15 is 0 Å². The third-order valence-corrected chi connectivity index (χ3v) is 3.14. The molecule has 0 atom stereocenters. The van der Waals surface area contributed by atoms with Crippen LogP contribution < -0.4 is 5.73 Å². The molecule has 3 aromatic rings. The minimum Gasteiger partial charge on any atom is -0.325 e. The molecule has 4 nitrogen and oxygen atoms in total. The highest BCUT2D eigenvalue weighted by molar-refractivity contribution is 5.61. The van der Waals surface area contributed by atoms with Crippen molar-refractivity contribution in [3.05, 3.63) is 54.1 Å². The molecule has 0 unspecified atom stereocenters. The first kappa shape index (κ1) is 13.6. The van der Waals surface area contributed by atoms with E-state index in [1.807, 2.05) is 0 Å². The maximum atomic E-state index is 12.6. The lowest BCUT2D eigenvalue weighted by molar-refractivity contribution is -0.137. The molecule has 2 N–H and O–H groups in total. The van der Waals surface area contributed by atoms with Crippen molar-refractivity contribution in [2.45, 2.75) is 12.7 Å². The topological polar surface area (TPSA) is 56.2 Å². The summed E-state index contributed by atoms with van der Waals surface area (Å²) in [6.07, 6.45) is 0.725. The summed E-state index contributed by atoms with van der Waals surface area (Å²) in [7, 11) is 0. The largest absolute Gasteiger partial charge is 0.416 e. The van der Waals surface area contributed by atoms with Crippen LogP contribution in [-0.4, -0.2) is 14.4 Å². The first-order valence-electron chi connectivity index (χ1n) is 6.19. The molecule has 0 radical (unpaired) electrons. The summed E-state index contributed by atoms with van der Waals surface area (Å²) < 4.78 is 39.4. The molecule has 0 fully saturated rings. The number of hydrogen-bond donors (Lipinski definition) is 1. The molecule has 0 saturated carbocycles. The summed E-state index contributed by atoms with van der Waals surface area (Å²) in [6, 6.07) is 4.87. The molecular weight excluding hydrogens is 281 g/mol. The molecule has 0 amide bonds. The van der Waals surface area contributed by atoms with E-state index in [1.54, 1.807) is 23.0 Å². The zero-order valence-corrected chi connectivity index (χ0v) is 10.8. The van der Waals surface area contributed by atoms with Crippen molar-refractivity contribution >= 4 is 5.65 Å². The second-order valence-electron chi connectivity index (χ2n) is 4.51. The van der Waals surface area contributed by atoms with Crippen molar-refractivity contribution in [3.8, 4) is 11.3 Å². The van der Waals surface area contributed by atoms with Crippen LogP contribution in [0.3, 0.4) is 0 Å². The second-order valence-corrected chi connectivity index (χ2v) is 4.51. The quantitative estimate of drug-likeness (QED) is 0.790. The molecule has 0 aliphatic heterocycles. The fourth-order valence-electron chi connectivity index (χ4n) is 2.10. The summed E-state index contributed by atoms with van der Waals surface area (Å²) >= 11 is 0. The first-order chi connectivity index (χ1) is 9.99. The van der Waals surface area contributed by atoms with E-state index in [0.29, 0.717) is 22.6 Å². The summed E-state index contributed by atoms with van der Waals surface area (Å²) in [5, 5.41) is 0. The Kier molecular flexibility index (Phi) is 3.13. The zero-order valence-electron chi connectivity index (χ0n) is 10.8. The lowest BCUT2D eigenvalue weighted by atomic mass is 10.1. The van der Waals surface area contributed by atoms with Gasteiger partial charge in [0.15, 0.2) is 5.65 Å². The highest BCUT2D eigenvalue weighted by Gasteiger charge is 2.30. The van der Waals surface area contributed by atoms with Gasteiger partial charge < -0.3 is 10.1 Å². The Morgan fingerprint density at radius 2 is 1.86 bits per heavy atom. The molecule has 0 aliphatic carbocycles. The average molecular weight is 292 g/mol. The van der Waals surface area contributed by atoms with E-state index in [1.165, 1.54) is 12.1 Å². The van der Waals surface area contributed by atoms with Crippen LogP contribution in [-0.2, 0) is 12.7 Å². The molecule has 2 aromatic heterocycles. The van der Waals surface area contributed by atoms with E-state index in [9.17, 15) is 13.2 Å². The van der Waals surface area contributed by atoms with Crippen LogP contribution in [0.1, 0.15) is 11.3 Å². The van der Waals surface area contributed by atoms with Gasteiger partial charge in [-0.25, -0.2) is 9.97 Å². The maximum Gasteiger partial charge on any atom is 0.416 e. The van der Waals surface area contributed by atoms with Crippen molar-refractivity contribution in [2.75, 3.05) is 0 Å². The number of halogens is 3. The van der Waals surface area contributed by atoms with Gasteiger partial charge in [0.1, 0.15) is 0 Å². The number of hydrogen-bond acceptors (Lipinski definition) is 3. The highest BCUT2D eigenvalue weighted by Crippen LogP contribution is 2.30. The SMILES string of the molecule is NCc1nc(-c2ccc(C(F)(F)F)cc2)cn2ccnc12. The molecule has 21 heavy (non-hydrogen) atoms. The second kappa shape index (κ2) is 4.85. The third-order valence-electron chi connectivity index (χ3n) is 3.14. The Balaban J connectivity index is 2.07. The molecule has 7 heteroatoms. The summed E-state index contributed by atoms with van der Waals surface area (Å²) in [5.74, 6) is 0. The van der Waals surface area contributed by atoms with E-state index in [0.717, 1.165) is 12.1 Å². The number of alkyl halides is 3. The lowest BCUT2D eigenvalue weighted by Gasteiger charge is -2.09. The number of benzene rings is 1. The number of nitrogens with two attached hydrogens (primary N) is 1. The number of imidazole rings is 1. The molecule has 0 saturated heterocycles. The monoisotopic (exact) mass is 292 g/mol. The molecule has 3 rings (SSSR count). The van der Waals surface area contributed by atoms with Crippen molar-refractivity contribution in [2.24, 2.45) is 5.73 Å². The summed E-state index contributed by atoms with van der Waals surface area (Å²) in [4.78, 5) is 8.51. The molecule has 1 aromatic carbocycles. The highest BCUT2D eigenvalue weighted by atomic mass is 19.4. The summed E-state index contributed by atoms with van der Waals surface area (Å²) in [5.41, 5.74) is 7.34. The first-order valence-corrected chi connectivity index (χ1v) is 6.19. The van der Waals surface area contributed by atoms with E-state index in [4.69, 9.17) is 5.73 Å². The molecular formula is C14H11F3N4. The standard InChI is InChI=1S/C14H11F3N4/c15-14(16,17)10-3-1-9(2-4-10)12-8-21-6-5-19-13(21)11(7-18)20-12/h1-6,8H,7,18H2. The predicted octanol–water partition coefficient (Wildman–Crippen LogP) is 2.87. The smallest absolute Gasteiger partial charge is 0.325 e. The Labute approximate surface area is 118 Å². The lowest BCUT2D eigenvalue weighted by Crippen LogP contribution is -2.06. The van der Waals surface area contributed by atoms with E-state index < -0.39 is 11.7 Å². The average Bonchev–Trinajstić information content (AvgIpc) is 2.93. The van der Waals surface area contributed by atoms with Crippen LogP contribution in [0.25, 0.3) is 16.9 Å². The van der Waals surface area contributed by atoms with Crippen LogP contribution >= 0.6 is 0 Å². The van der Waals surface area contributed by atoms with Crippen molar-refractivity contribution < 1.29 is 13.2 Å². The Bertz CT molecular complexity index is 775. The van der Waals surface area contributed by atoms with Gasteiger partial charge in [0.05, 0.1) is 17.0 Å². The van der Waals surface area contributed by atoms with Crippen molar-refractivity contribution in [3.63, 3.8) is 0 Å². The normalized spacial score (nSPS) is 12.0. The zero-order chi connectivity index (χ0) is 15.0. The van der Waals surface area contributed by atoms with E-state index in [2.05, 4.69) is 9.97 Å². The van der Waals surface area contributed by atoms with Crippen LogP contribution in [0.15, 0.2) is 42.9 Å². The van der Waals surface area contributed by atoms with Gasteiger partial charge in [0, 0.05) is 30.7 Å². The molecule has 108 valence electrons. The van der Waals surface area contributed by atoms with Gasteiger partial charge in [-0.05, 0) is 12.1 Å². The van der Waals surface area contributed by atoms with Gasteiger partial charge in [-0.1, -0.05) is 12.1 Å². The fraction of sp³-hybridized carbons (Fsp3) is 0.143. The maximum absolute atomic E-state index is 12.6. The van der Waals surface area contributed by atoms with Gasteiger partial charge in [0.25, 0.3) is 0 Å². The van der Waals surface area contributed by atoms with Gasteiger partial charge in [-0.15, -0.1) is 0 Å². The van der Waals surface area contributed by atoms with Crippen LogP contribution in [0.4, 0.5) is 13.2 Å². The summed E-state index contributed by atoms with van der Waals surface area (Å²) in [6.45, 7) is 0.203. The molecule has 0 spiro atoms. The predicted molar refractivity (Wildman–Crippen MR) is 71.3 cm³/mol.